The van der Waals surface area contributed by atoms with Gasteiger partial charge in [-0.1, -0.05) is 6.07 Å². The van der Waals surface area contributed by atoms with Crippen LogP contribution in [-0.2, 0) is 15.1 Å². The highest BCUT2D eigenvalue weighted by Crippen LogP contribution is 2.52. The van der Waals surface area contributed by atoms with Crippen LogP contribution >= 0.6 is 0 Å². The van der Waals surface area contributed by atoms with E-state index in [-0.39, 0.29) is 23.7 Å². The molecule has 1 amide bonds. The minimum atomic E-state index is -0.911. The summed E-state index contributed by atoms with van der Waals surface area (Å²) in [5.74, 6) is 0.667. The largest absolute Gasteiger partial charge is 0.356 e. The van der Waals surface area contributed by atoms with E-state index in [9.17, 15) is 9.90 Å². The lowest BCUT2D eigenvalue weighted by Gasteiger charge is -2.31. The van der Waals surface area contributed by atoms with Gasteiger partial charge in [-0.2, -0.15) is 0 Å². The Morgan fingerprint density at radius 1 is 1.25 bits per heavy atom. The zero-order valence-electron chi connectivity index (χ0n) is 17.2. The van der Waals surface area contributed by atoms with Crippen LogP contribution in [0.3, 0.4) is 0 Å². The molecule has 2 aromatic heterocycles. The molecule has 2 aliphatic rings. The van der Waals surface area contributed by atoms with Gasteiger partial charge < -0.3 is 19.6 Å². The maximum atomic E-state index is 12.9. The van der Waals surface area contributed by atoms with E-state index < -0.39 is 17.6 Å². The molecule has 7 nitrogen and oxygen atoms in total. The highest BCUT2D eigenvalue weighted by molar-refractivity contribution is 5.83. The Morgan fingerprint density at radius 2 is 1.93 bits per heavy atom. The van der Waals surface area contributed by atoms with Gasteiger partial charge in [-0.3, -0.25) is 9.69 Å². The first kappa shape index (κ1) is 19.4. The number of likely N-dealkylation sites (tertiary alicyclic amines) is 1. The molecule has 7 heteroatoms. The number of ether oxygens (including phenoxy) is 1. The minimum absolute atomic E-state index is 0.0107. The van der Waals surface area contributed by atoms with Crippen molar-refractivity contribution in [3.05, 3.63) is 36.3 Å². The molecule has 2 aromatic rings. The minimum Gasteiger partial charge on any atom is -0.356 e. The van der Waals surface area contributed by atoms with Crippen LogP contribution in [0.25, 0.3) is 5.65 Å². The van der Waals surface area contributed by atoms with Crippen molar-refractivity contribution in [1.82, 2.24) is 19.6 Å². The Morgan fingerprint density at radius 3 is 2.57 bits per heavy atom. The molecular weight excluding hydrogens is 356 g/mol. The van der Waals surface area contributed by atoms with E-state index in [1.165, 1.54) is 0 Å². The smallest absolute Gasteiger partial charge is 0.224 e. The van der Waals surface area contributed by atoms with Crippen LogP contribution in [-0.4, -0.2) is 50.4 Å². The number of carbonyl (C=O) groups is 1. The maximum Gasteiger partial charge on any atom is 0.224 e. The summed E-state index contributed by atoms with van der Waals surface area (Å²) in [6.07, 6.45) is 2.88. The van der Waals surface area contributed by atoms with Crippen molar-refractivity contribution >= 4 is 11.6 Å². The van der Waals surface area contributed by atoms with Crippen molar-refractivity contribution in [2.45, 2.75) is 52.2 Å². The molecule has 2 fully saturated rings. The number of pyridine rings is 1. The molecule has 152 valence electrons. The molecule has 0 radical (unpaired) electrons. The van der Waals surface area contributed by atoms with Gasteiger partial charge in [-0.05, 0) is 58.6 Å². The average molecular weight is 386 g/mol. The standard InChI is InChI=1S/C21H30N4O3/c1-20(2,3)28-19(27)24-11-13-14(12-24)17(13)18(26)23-21(4,5)15-10-22-16-8-6-7-9-25(15)16/h6-10,13-14,17,19,27H,11-12H2,1-5H3,(H,23,26)/t13-,14+,17+,19?. The SMILES string of the molecule is CC(C)(C)OC(O)N1C[C@@H]2[C@H](C1)[C@H]2C(=O)NC(C)(C)c1cnc2ccccn12. The van der Waals surface area contributed by atoms with E-state index in [4.69, 9.17) is 4.74 Å². The fourth-order valence-corrected chi connectivity index (χ4v) is 4.37. The number of nitrogens with zero attached hydrogens (tertiary/aromatic N) is 3. The molecule has 4 atom stereocenters. The molecule has 3 heterocycles. The number of aliphatic hydroxyl groups excluding tert-OH is 1. The van der Waals surface area contributed by atoms with Gasteiger partial charge in [0.15, 0.2) is 0 Å². The third-order valence-electron chi connectivity index (χ3n) is 5.79. The number of fused-ring (bicyclic) bond motifs is 2. The third-order valence-corrected chi connectivity index (χ3v) is 5.79. The van der Waals surface area contributed by atoms with Gasteiger partial charge in [0.25, 0.3) is 0 Å². The molecular formula is C21H30N4O3. The summed E-state index contributed by atoms with van der Waals surface area (Å²) in [4.78, 5) is 19.3. The molecule has 0 spiro atoms. The predicted molar refractivity (Wildman–Crippen MR) is 105 cm³/mol. The Hall–Kier alpha value is -1.96. The van der Waals surface area contributed by atoms with Crippen molar-refractivity contribution in [2.75, 3.05) is 13.1 Å². The lowest BCUT2D eigenvalue weighted by atomic mass is 10.0. The second-order valence-electron chi connectivity index (χ2n) is 9.55. The topological polar surface area (TPSA) is 79.1 Å². The highest BCUT2D eigenvalue weighted by Gasteiger charge is 2.60. The number of hydrogen-bond donors (Lipinski definition) is 2. The van der Waals surface area contributed by atoms with E-state index in [0.29, 0.717) is 13.1 Å². The summed E-state index contributed by atoms with van der Waals surface area (Å²) >= 11 is 0. The number of piperidine rings is 1. The van der Waals surface area contributed by atoms with Gasteiger partial charge in [-0.25, -0.2) is 4.98 Å². The molecule has 1 saturated heterocycles. The number of nitrogens with one attached hydrogen (secondary N) is 1. The van der Waals surface area contributed by atoms with Gasteiger partial charge >= 0.3 is 0 Å². The summed E-state index contributed by atoms with van der Waals surface area (Å²) in [6, 6.07) is 5.86. The molecule has 1 saturated carbocycles. The van der Waals surface area contributed by atoms with Gasteiger partial charge in [0.1, 0.15) is 5.65 Å². The second-order valence-corrected chi connectivity index (χ2v) is 9.55. The fourth-order valence-electron chi connectivity index (χ4n) is 4.37. The Kier molecular flexibility index (Phi) is 4.52. The molecule has 1 aliphatic carbocycles. The average Bonchev–Trinajstić information content (AvgIpc) is 2.96. The van der Waals surface area contributed by atoms with Crippen LogP contribution in [0.2, 0.25) is 0 Å². The Labute approximate surface area is 165 Å². The summed E-state index contributed by atoms with van der Waals surface area (Å²) < 4.78 is 7.64. The van der Waals surface area contributed by atoms with E-state index in [2.05, 4.69) is 10.3 Å². The van der Waals surface area contributed by atoms with Gasteiger partial charge in [0, 0.05) is 25.2 Å². The lowest BCUT2D eigenvalue weighted by molar-refractivity contribution is -0.236. The van der Waals surface area contributed by atoms with Crippen LogP contribution in [0, 0.1) is 17.8 Å². The van der Waals surface area contributed by atoms with Gasteiger partial charge in [-0.15, -0.1) is 0 Å². The fraction of sp³-hybridized carbons (Fsp3) is 0.619. The summed E-state index contributed by atoms with van der Waals surface area (Å²) in [7, 11) is 0. The molecule has 2 N–H and O–H groups in total. The number of amides is 1. The number of carbonyl (C=O) groups excluding carboxylic acids is 1. The van der Waals surface area contributed by atoms with E-state index in [0.717, 1.165) is 11.3 Å². The van der Waals surface area contributed by atoms with E-state index in [1.54, 1.807) is 0 Å². The van der Waals surface area contributed by atoms with E-state index in [1.807, 2.05) is 74.5 Å². The van der Waals surface area contributed by atoms with Crippen molar-refractivity contribution in [1.29, 1.82) is 0 Å². The van der Waals surface area contributed by atoms with Crippen molar-refractivity contribution in [3.63, 3.8) is 0 Å². The third kappa shape index (κ3) is 3.54. The summed E-state index contributed by atoms with van der Waals surface area (Å²) in [6.45, 7) is 11.2. The number of aliphatic hydroxyl groups is 1. The number of aromatic nitrogens is 2. The molecule has 28 heavy (non-hydrogen) atoms. The zero-order chi connectivity index (χ0) is 20.3. The van der Waals surface area contributed by atoms with Crippen LogP contribution in [0.1, 0.15) is 40.3 Å². The first-order valence-corrected chi connectivity index (χ1v) is 9.91. The maximum absolute atomic E-state index is 12.9. The Balaban J connectivity index is 1.37. The summed E-state index contributed by atoms with van der Waals surface area (Å²) in [5, 5.41) is 13.5. The van der Waals surface area contributed by atoms with Gasteiger partial charge in [0.05, 0.1) is 23.0 Å². The van der Waals surface area contributed by atoms with Crippen molar-refractivity contribution in [3.8, 4) is 0 Å². The second kappa shape index (κ2) is 6.54. The zero-order valence-corrected chi connectivity index (χ0v) is 17.2. The first-order chi connectivity index (χ1) is 13.1. The lowest BCUT2D eigenvalue weighted by Crippen LogP contribution is -2.45. The Bertz CT molecular complexity index is 873. The highest BCUT2D eigenvalue weighted by atomic mass is 16.6. The van der Waals surface area contributed by atoms with Crippen LogP contribution in [0.4, 0.5) is 0 Å². The predicted octanol–water partition coefficient (Wildman–Crippen LogP) is 1.95. The van der Waals surface area contributed by atoms with E-state index >= 15 is 0 Å². The van der Waals surface area contributed by atoms with Crippen molar-refractivity contribution < 1.29 is 14.6 Å². The number of hydrogen-bond acceptors (Lipinski definition) is 5. The molecule has 4 rings (SSSR count). The van der Waals surface area contributed by atoms with Gasteiger partial charge in [0.2, 0.25) is 12.3 Å². The summed E-state index contributed by atoms with van der Waals surface area (Å²) in [5.41, 5.74) is 0.897. The van der Waals surface area contributed by atoms with Crippen molar-refractivity contribution in [2.24, 2.45) is 17.8 Å². The normalized spacial score (nSPS) is 26.3. The molecule has 0 aromatic carbocycles. The molecule has 1 aliphatic heterocycles. The number of rotatable bonds is 5. The number of imidazole rings is 1. The molecule has 0 bridgehead atoms. The quantitative estimate of drug-likeness (QED) is 0.768. The van der Waals surface area contributed by atoms with Crippen LogP contribution < -0.4 is 5.32 Å². The first-order valence-electron chi connectivity index (χ1n) is 9.91. The van der Waals surface area contributed by atoms with Crippen LogP contribution in [0.5, 0.6) is 0 Å². The monoisotopic (exact) mass is 386 g/mol. The van der Waals surface area contributed by atoms with Crippen LogP contribution in [0.15, 0.2) is 30.6 Å². The molecule has 1 unspecified atom stereocenters.